The fourth-order valence-electron chi connectivity index (χ4n) is 5.34. The zero-order valence-corrected chi connectivity index (χ0v) is 21.2. The van der Waals surface area contributed by atoms with E-state index in [0.29, 0.717) is 33.0 Å². The van der Waals surface area contributed by atoms with Crippen LogP contribution in [-0.4, -0.2) is 18.1 Å². The van der Waals surface area contributed by atoms with Crippen molar-refractivity contribution in [2.75, 3.05) is 18.0 Å². The van der Waals surface area contributed by atoms with Crippen molar-refractivity contribution < 1.29 is 8.83 Å². The smallest absolute Gasteiger partial charge is 0.347 e. The molecule has 0 unspecified atom stereocenters. The number of fused-ring (bicyclic) bond motifs is 6. The summed E-state index contributed by atoms with van der Waals surface area (Å²) in [5, 5.41) is 14.3. The van der Waals surface area contributed by atoms with Crippen LogP contribution in [0.4, 0.5) is 5.69 Å². The van der Waals surface area contributed by atoms with Gasteiger partial charge < -0.3 is 13.7 Å². The Balaban J connectivity index is 1.70. The molecule has 0 amide bonds. The molecule has 6 rings (SSSR count). The first kappa shape index (κ1) is 23.4. The highest BCUT2D eigenvalue weighted by molar-refractivity contribution is 6.18. The van der Waals surface area contributed by atoms with Gasteiger partial charge in [0.05, 0.1) is 22.3 Å². The lowest BCUT2D eigenvalue weighted by Crippen LogP contribution is -2.21. The highest BCUT2D eigenvalue weighted by Gasteiger charge is 2.22. The van der Waals surface area contributed by atoms with Gasteiger partial charge in [-0.3, -0.25) is 4.98 Å². The standard InChI is InChI=1S/C31H23N3O4/c1-4-34(5-2)19-11-12-21-23(16-32)29(31(36)38-26(21)14-19)24-15-22-27(17(3)33-24)30(35)37-25-13-10-18-8-6-7-9-20(18)28(22)25/h6-15H,4-5H2,1-3H3. The highest BCUT2D eigenvalue weighted by Crippen LogP contribution is 2.35. The summed E-state index contributed by atoms with van der Waals surface area (Å²) in [6.07, 6.45) is 0. The van der Waals surface area contributed by atoms with Gasteiger partial charge in [0.15, 0.2) is 0 Å². The van der Waals surface area contributed by atoms with Crippen molar-refractivity contribution in [3.8, 4) is 17.3 Å². The molecule has 0 N–H and O–H groups in total. The van der Waals surface area contributed by atoms with Gasteiger partial charge >= 0.3 is 11.3 Å². The van der Waals surface area contributed by atoms with Crippen molar-refractivity contribution in [2.45, 2.75) is 20.8 Å². The molecule has 0 aliphatic heterocycles. The van der Waals surface area contributed by atoms with E-state index in [9.17, 15) is 14.9 Å². The fraction of sp³-hybridized carbons (Fsp3) is 0.161. The van der Waals surface area contributed by atoms with Crippen molar-refractivity contribution in [2.24, 2.45) is 0 Å². The number of rotatable bonds is 4. The Bertz CT molecular complexity index is 2080. The van der Waals surface area contributed by atoms with E-state index < -0.39 is 11.3 Å². The van der Waals surface area contributed by atoms with Gasteiger partial charge in [0.2, 0.25) is 0 Å². The quantitative estimate of drug-likeness (QED) is 0.207. The van der Waals surface area contributed by atoms with Gasteiger partial charge in [-0.2, -0.15) is 5.26 Å². The molecule has 6 aromatic rings. The van der Waals surface area contributed by atoms with Crippen molar-refractivity contribution >= 4 is 49.2 Å². The summed E-state index contributed by atoms with van der Waals surface area (Å²) in [5.74, 6) is 0. The molecule has 0 aliphatic rings. The van der Waals surface area contributed by atoms with E-state index in [-0.39, 0.29) is 16.8 Å². The topological polar surface area (TPSA) is 100 Å². The third kappa shape index (κ3) is 3.46. The predicted octanol–water partition coefficient (Wildman–Crippen LogP) is 6.29. The van der Waals surface area contributed by atoms with E-state index in [0.717, 1.165) is 34.9 Å². The number of hydrogen-bond donors (Lipinski definition) is 0. The van der Waals surface area contributed by atoms with Gasteiger partial charge in [0.1, 0.15) is 22.8 Å². The van der Waals surface area contributed by atoms with E-state index in [4.69, 9.17) is 8.83 Å². The Morgan fingerprint density at radius 2 is 1.61 bits per heavy atom. The summed E-state index contributed by atoms with van der Waals surface area (Å²) in [7, 11) is 0. The van der Waals surface area contributed by atoms with Crippen LogP contribution in [0.25, 0.3) is 54.7 Å². The van der Waals surface area contributed by atoms with Gasteiger partial charge in [-0.1, -0.05) is 30.3 Å². The number of aromatic nitrogens is 1. The second-order valence-corrected chi connectivity index (χ2v) is 9.17. The van der Waals surface area contributed by atoms with Crippen LogP contribution < -0.4 is 16.2 Å². The SMILES string of the molecule is CCN(CC)c1ccc2c(C#N)c(-c3cc4c(c(C)n3)c(=O)oc3ccc5ccccc5c34)c(=O)oc2c1. The number of nitriles is 1. The zero-order valence-electron chi connectivity index (χ0n) is 21.2. The van der Waals surface area contributed by atoms with Gasteiger partial charge in [0, 0.05) is 41.0 Å². The molecule has 3 aromatic heterocycles. The van der Waals surface area contributed by atoms with Gasteiger partial charge in [0.25, 0.3) is 0 Å². The number of aryl methyl sites for hydroxylation is 1. The highest BCUT2D eigenvalue weighted by atomic mass is 16.4. The Morgan fingerprint density at radius 3 is 2.37 bits per heavy atom. The predicted molar refractivity (Wildman–Crippen MR) is 150 cm³/mol. The third-order valence-corrected chi connectivity index (χ3v) is 7.16. The molecule has 3 aromatic carbocycles. The summed E-state index contributed by atoms with van der Waals surface area (Å²) in [4.78, 5) is 33.0. The zero-order chi connectivity index (χ0) is 26.6. The summed E-state index contributed by atoms with van der Waals surface area (Å²) in [5.41, 5.74) is 1.46. The van der Waals surface area contributed by atoms with Crippen molar-refractivity contribution in [1.82, 2.24) is 4.98 Å². The molecule has 0 bridgehead atoms. The van der Waals surface area contributed by atoms with Gasteiger partial charge in [-0.25, -0.2) is 9.59 Å². The minimum atomic E-state index is -0.658. The number of nitrogens with zero attached hydrogens (tertiary/aromatic N) is 3. The van der Waals surface area contributed by atoms with Crippen LogP contribution >= 0.6 is 0 Å². The van der Waals surface area contributed by atoms with E-state index in [1.807, 2.05) is 36.4 Å². The molecule has 186 valence electrons. The molecule has 0 aliphatic carbocycles. The molecule has 0 atom stereocenters. The van der Waals surface area contributed by atoms with Crippen LogP contribution in [0.1, 0.15) is 25.1 Å². The monoisotopic (exact) mass is 501 g/mol. The molecule has 38 heavy (non-hydrogen) atoms. The number of benzene rings is 3. The molecule has 0 saturated carbocycles. The summed E-state index contributed by atoms with van der Waals surface area (Å²) in [6.45, 7) is 7.40. The third-order valence-electron chi connectivity index (χ3n) is 7.16. The molecule has 3 heterocycles. The molecule has 7 heteroatoms. The molecule has 0 radical (unpaired) electrons. The summed E-state index contributed by atoms with van der Waals surface area (Å²) < 4.78 is 11.4. The maximum Gasteiger partial charge on any atom is 0.347 e. The van der Waals surface area contributed by atoms with Gasteiger partial charge in [-0.15, -0.1) is 0 Å². The van der Waals surface area contributed by atoms with Crippen LogP contribution in [0, 0.1) is 18.3 Å². The largest absolute Gasteiger partial charge is 0.422 e. The summed E-state index contributed by atoms with van der Waals surface area (Å²) >= 11 is 0. The minimum absolute atomic E-state index is 0.0715. The number of hydrogen-bond acceptors (Lipinski definition) is 7. The summed E-state index contributed by atoms with van der Waals surface area (Å²) in [6, 6.07) is 20.9. The lowest BCUT2D eigenvalue weighted by molar-refractivity contribution is 0.562. The lowest BCUT2D eigenvalue weighted by Gasteiger charge is -2.21. The molecule has 0 saturated heterocycles. The molecular formula is C31H23N3O4. The molecule has 0 fully saturated rings. The Morgan fingerprint density at radius 1 is 0.842 bits per heavy atom. The normalized spacial score (nSPS) is 11.4. The van der Waals surface area contributed by atoms with Gasteiger partial charge in [-0.05, 0) is 55.8 Å². The van der Waals surface area contributed by atoms with Crippen LogP contribution in [-0.2, 0) is 0 Å². The van der Waals surface area contributed by atoms with Crippen LogP contribution in [0.2, 0.25) is 0 Å². The molecule has 7 nitrogen and oxygen atoms in total. The van der Waals surface area contributed by atoms with E-state index >= 15 is 0 Å². The van der Waals surface area contributed by atoms with E-state index in [2.05, 4.69) is 29.8 Å². The second kappa shape index (κ2) is 8.86. The minimum Gasteiger partial charge on any atom is -0.422 e. The first-order chi connectivity index (χ1) is 18.4. The average Bonchev–Trinajstić information content (AvgIpc) is 2.92. The van der Waals surface area contributed by atoms with Crippen LogP contribution in [0.3, 0.4) is 0 Å². The van der Waals surface area contributed by atoms with E-state index in [1.165, 1.54) is 0 Å². The first-order valence-corrected chi connectivity index (χ1v) is 12.5. The second-order valence-electron chi connectivity index (χ2n) is 9.17. The molecule has 0 spiro atoms. The molecular weight excluding hydrogens is 478 g/mol. The van der Waals surface area contributed by atoms with Crippen molar-refractivity contribution in [3.05, 3.63) is 92.8 Å². The van der Waals surface area contributed by atoms with Crippen LogP contribution in [0.5, 0.6) is 0 Å². The Kier molecular flexibility index (Phi) is 5.46. The Labute approximate surface area is 217 Å². The Hall–Kier alpha value is -4.96. The lowest BCUT2D eigenvalue weighted by atomic mass is 9.97. The fourth-order valence-corrected chi connectivity index (χ4v) is 5.34. The first-order valence-electron chi connectivity index (χ1n) is 12.5. The van der Waals surface area contributed by atoms with Crippen molar-refractivity contribution in [3.63, 3.8) is 0 Å². The van der Waals surface area contributed by atoms with E-state index in [1.54, 1.807) is 31.2 Å². The number of anilines is 1. The average molecular weight is 502 g/mol. The maximum absolute atomic E-state index is 13.4. The number of pyridine rings is 1. The van der Waals surface area contributed by atoms with Crippen molar-refractivity contribution in [1.29, 1.82) is 5.26 Å². The van der Waals surface area contributed by atoms with Crippen LogP contribution in [0.15, 0.2) is 79.1 Å². The maximum atomic E-state index is 13.4.